The van der Waals surface area contributed by atoms with Crippen molar-refractivity contribution in [2.45, 2.75) is 69.9 Å². The maximum absolute atomic E-state index is 9.98. The highest BCUT2D eigenvalue weighted by Gasteiger charge is 2.44. The Balaban J connectivity index is 2.50. The van der Waals surface area contributed by atoms with Crippen LogP contribution in [0, 0.1) is 5.92 Å². The Morgan fingerprint density at radius 1 is 1.14 bits per heavy atom. The molecule has 0 saturated carbocycles. The van der Waals surface area contributed by atoms with Gasteiger partial charge in [-0.05, 0) is 26.2 Å². The van der Waals surface area contributed by atoms with Crippen molar-refractivity contribution in [2.75, 3.05) is 13.2 Å². The molecule has 1 saturated heterocycles. The van der Waals surface area contributed by atoms with Gasteiger partial charge in [-0.3, -0.25) is 0 Å². The van der Waals surface area contributed by atoms with Crippen LogP contribution in [0.1, 0.15) is 33.6 Å². The van der Waals surface area contributed by atoms with Gasteiger partial charge in [-0.15, -0.1) is 0 Å². The van der Waals surface area contributed by atoms with Crippen molar-refractivity contribution < 1.29 is 35.0 Å². The van der Waals surface area contributed by atoms with Gasteiger partial charge in [-0.25, -0.2) is 0 Å². The molecule has 0 aromatic heterocycles. The first-order valence-corrected chi connectivity index (χ1v) is 7.36. The summed E-state index contributed by atoms with van der Waals surface area (Å²) in [4.78, 5) is 0. The van der Waals surface area contributed by atoms with Gasteiger partial charge in [0, 0.05) is 0 Å². The largest absolute Gasteiger partial charge is 0.394 e. The number of rotatable bonds is 7. The second kappa shape index (κ2) is 7.82. The van der Waals surface area contributed by atoms with Crippen LogP contribution >= 0.6 is 0 Å². The fourth-order valence-corrected chi connectivity index (χ4v) is 2.59. The summed E-state index contributed by atoms with van der Waals surface area (Å²) < 4.78 is 10.6. The van der Waals surface area contributed by atoms with Crippen LogP contribution < -0.4 is 0 Å². The molecule has 7 heteroatoms. The lowest BCUT2D eigenvalue weighted by molar-refractivity contribution is -0.301. The standard InChI is InChI=1S/C14H28O7/c1-4-8(14(2,3)19)5-6-20-13-12(18)11(17)10(16)9(7-15)21-13/h8-13,15-19H,4-7H2,1-3H3/t8?,9-,10-,11+,12-,13-/m1/s1. The molecule has 1 rings (SSSR count). The average Bonchev–Trinajstić information content (AvgIpc) is 2.41. The van der Waals surface area contributed by atoms with E-state index in [1.807, 2.05) is 6.92 Å². The Kier molecular flexibility index (Phi) is 6.99. The van der Waals surface area contributed by atoms with Gasteiger partial charge in [0.15, 0.2) is 6.29 Å². The van der Waals surface area contributed by atoms with E-state index < -0.39 is 42.9 Å². The summed E-state index contributed by atoms with van der Waals surface area (Å²) in [5.41, 5.74) is -0.826. The zero-order chi connectivity index (χ0) is 16.2. The van der Waals surface area contributed by atoms with E-state index in [9.17, 15) is 20.4 Å². The molecular weight excluding hydrogens is 280 g/mol. The molecule has 0 spiro atoms. The van der Waals surface area contributed by atoms with Crippen LogP contribution in [-0.2, 0) is 9.47 Å². The number of hydrogen-bond donors (Lipinski definition) is 5. The van der Waals surface area contributed by atoms with E-state index in [0.717, 1.165) is 6.42 Å². The molecule has 7 nitrogen and oxygen atoms in total. The molecule has 1 fully saturated rings. The first-order valence-electron chi connectivity index (χ1n) is 7.36. The van der Waals surface area contributed by atoms with Crippen molar-refractivity contribution in [2.24, 2.45) is 5.92 Å². The Morgan fingerprint density at radius 2 is 1.76 bits per heavy atom. The maximum Gasteiger partial charge on any atom is 0.186 e. The predicted molar refractivity (Wildman–Crippen MR) is 74.4 cm³/mol. The molecule has 21 heavy (non-hydrogen) atoms. The highest BCUT2D eigenvalue weighted by Crippen LogP contribution is 2.25. The van der Waals surface area contributed by atoms with Gasteiger partial charge in [0.2, 0.25) is 0 Å². The normalized spacial score (nSPS) is 35.7. The minimum absolute atomic E-state index is 0.0300. The minimum Gasteiger partial charge on any atom is -0.394 e. The molecule has 1 aliphatic rings. The summed E-state index contributed by atoms with van der Waals surface area (Å²) in [6.45, 7) is 5.18. The zero-order valence-electron chi connectivity index (χ0n) is 12.8. The SMILES string of the molecule is CCC(CCO[C@@H]1O[C@H](CO)[C@@H](O)[C@H](O)[C@H]1O)C(C)(C)O. The van der Waals surface area contributed by atoms with Crippen molar-refractivity contribution >= 4 is 0 Å². The van der Waals surface area contributed by atoms with Crippen LogP contribution in [0.5, 0.6) is 0 Å². The molecule has 6 atom stereocenters. The van der Waals surface area contributed by atoms with Crippen LogP contribution in [0.15, 0.2) is 0 Å². The fraction of sp³-hybridized carbons (Fsp3) is 1.00. The van der Waals surface area contributed by atoms with E-state index in [0.29, 0.717) is 6.42 Å². The van der Waals surface area contributed by atoms with Crippen LogP contribution in [0.4, 0.5) is 0 Å². The van der Waals surface area contributed by atoms with E-state index in [-0.39, 0.29) is 12.5 Å². The van der Waals surface area contributed by atoms with Gasteiger partial charge in [-0.2, -0.15) is 0 Å². The lowest BCUT2D eigenvalue weighted by Crippen LogP contribution is -2.59. The first-order chi connectivity index (χ1) is 9.72. The van der Waals surface area contributed by atoms with Crippen LogP contribution in [0.25, 0.3) is 0 Å². The average molecular weight is 308 g/mol. The third-order valence-corrected chi connectivity index (χ3v) is 4.09. The number of aliphatic hydroxyl groups excluding tert-OH is 4. The molecule has 5 N–H and O–H groups in total. The number of aliphatic hydroxyl groups is 5. The Labute approximate surface area is 125 Å². The molecule has 1 unspecified atom stereocenters. The van der Waals surface area contributed by atoms with Gasteiger partial charge in [0.25, 0.3) is 0 Å². The van der Waals surface area contributed by atoms with Crippen molar-refractivity contribution in [1.82, 2.24) is 0 Å². The molecule has 0 amide bonds. The van der Waals surface area contributed by atoms with Crippen molar-refractivity contribution in [3.63, 3.8) is 0 Å². The van der Waals surface area contributed by atoms with Crippen molar-refractivity contribution in [1.29, 1.82) is 0 Å². The quantitative estimate of drug-likeness (QED) is 0.409. The summed E-state index contributed by atoms with van der Waals surface area (Å²) >= 11 is 0. The molecule has 0 aromatic carbocycles. The predicted octanol–water partition coefficient (Wildman–Crippen LogP) is -1.01. The second-order valence-electron chi connectivity index (χ2n) is 6.12. The van der Waals surface area contributed by atoms with Gasteiger partial charge in [0.05, 0.1) is 18.8 Å². The Bertz CT molecular complexity index is 302. The molecular formula is C14H28O7. The zero-order valence-corrected chi connectivity index (χ0v) is 12.8. The minimum atomic E-state index is -1.43. The summed E-state index contributed by atoms with van der Waals surface area (Å²) in [7, 11) is 0. The molecule has 0 radical (unpaired) electrons. The van der Waals surface area contributed by atoms with Crippen molar-refractivity contribution in [3.8, 4) is 0 Å². The molecule has 0 bridgehead atoms. The molecule has 0 aliphatic carbocycles. The van der Waals surface area contributed by atoms with Crippen LogP contribution in [-0.4, -0.2) is 75.1 Å². The second-order valence-corrected chi connectivity index (χ2v) is 6.12. The van der Waals surface area contributed by atoms with E-state index in [2.05, 4.69) is 0 Å². The first kappa shape index (κ1) is 18.8. The summed E-state index contributed by atoms with van der Waals surface area (Å²) in [6, 6.07) is 0. The van der Waals surface area contributed by atoms with E-state index in [1.165, 1.54) is 0 Å². The van der Waals surface area contributed by atoms with E-state index >= 15 is 0 Å². The topological polar surface area (TPSA) is 120 Å². The van der Waals surface area contributed by atoms with Gasteiger partial charge in [-0.1, -0.05) is 13.3 Å². The van der Waals surface area contributed by atoms with Crippen molar-refractivity contribution in [3.05, 3.63) is 0 Å². The van der Waals surface area contributed by atoms with Gasteiger partial charge >= 0.3 is 0 Å². The van der Waals surface area contributed by atoms with Crippen LogP contribution in [0.2, 0.25) is 0 Å². The molecule has 1 heterocycles. The van der Waals surface area contributed by atoms with Gasteiger partial charge in [0.1, 0.15) is 24.4 Å². The lowest BCUT2D eigenvalue weighted by atomic mass is 9.86. The fourth-order valence-electron chi connectivity index (χ4n) is 2.59. The Morgan fingerprint density at radius 3 is 2.24 bits per heavy atom. The summed E-state index contributed by atoms with van der Waals surface area (Å²) in [6.07, 6.45) is -4.94. The third kappa shape index (κ3) is 4.85. The third-order valence-electron chi connectivity index (χ3n) is 4.09. The highest BCUT2D eigenvalue weighted by atomic mass is 16.7. The van der Waals surface area contributed by atoms with Gasteiger partial charge < -0.3 is 35.0 Å². The van der Waals surface area contributed by atoms with E-state index in [4.69, 9.17) is 14.6 Å². The number of hydrogen-bond acceptors (Lipinski definition) is 7. The monoisotopic (exact) mass is 308 g/mol. The molecule has 1 aliphatic heterocycles. The Hall–Kier alpha value is -0.280. The number of ether oxygens (including phenoxy) is 2. The maximum atomic E-state index is 9.98. The van der Waals surface area contributed by atoms with Crippen LogP contribution in [0.3, 0.4) is 0 Å². The summed E-state index contributed by atoms with van der Waals surface area (Å²) in [5.74, 6) is 0.0300. The smallest absolute Gasteiger partial charge is 0.186 e. The molecule has 126 valence electrons. The highest BCUT2D eigenvalue weighted by molar-refractivity contribution is 4.89. The van der Waals surface area contributed by atoms with E-state index in [1.54, 1.807) is 13.8 Å². The summed E-state index contributed by atoms with van der Waals surface area (Å²) in [5, 5.41) is 48.2. The lowest BCUT2D eigenvalue weighted by Gasteiger charge is -2.39. The molecule has 0 aromatic rings.